The van der Waals surface area contributed by atoms with E-state index < -0.39 is 0 Å². The van der Waals surface area contributed by atoms with Crippen LogP contribution >= 0.6 is 0 Å². The third-order valence-electron chi connectivity index (χ3n) is 4.56. The fourth-order valence-electron chi connectivity index (χ4n) is 3.09. The van der Waals surface area contributed by atoms with Crippen LogP contribution in [0.5, 0.6) is 0 Å². The first kappa shape index (κ1) is 12.6. The fraction of sp³-hybridized carbons (Fsp3) is 0.316. The minimum absolute atomic E-state index is 0.678. The van der Waals surface area contributed by atoms with Crippen LogP contribution in [0.3, 0.4) is 0 Å². The van der Waals surface area contributed by atoms with Crippen LogP contribution in [0, 0.1) is 0 Å². The molecule has 0 N–H and O–H groups in total. The van der Waals surface area contributed by atoms with Gasteiger partial charge in [-0.3, -0.25) is 0 Å². The Morgan fingerprint density at radius 1 is 1.10 bits per heavy atom. The molecule has 2 aromatic carbocycles. The number of hydrogen-bond donors (Lipinski definition) is 0. The van der Waals surface area contributed by atoms with Crippen LogP contribution in [0.15, 0.2) is 42.5 Å². The van der Waals surface area contributed by atoms with Crippen LogP contribution in [-0.2, 0) is 13.5 Å². The van der Waals surface area contributed by atoms with Crippen LogP contribution in [0.2, 0.25) is 0 Å². The Kier molecular flexibility index (Phi) is 2.85. The van der Waals surface area contributed by atoms with Gasteiger partial charge in [-0.05, 0) is 36.5 Å². The summed E-state index contributed by atoms with van der Waals surface area (Å²) in [6.45, 7) is 2.19. The SMILES string of the molecule is CCc1ccc(-c2cccc3c2nc(C2CC2)n3C)cc1. The monoisotopic (exact) mass is 276 g/mol. The molecule has 0 radical (unpaired) electrons. The zero-order chi connectivity index (χ0) is 14.4. The van der Waals surface area contributed by atoms with Crippen LogP contribution in [0.4, 0.5) is 0 Å². The highest BCUT2D eigenvalue weighted by Crippen LogP contribution is 2.41. The van der Waals surface area contributed by atoms with E-state index in [4.69, 9.17) is 4.98 Å². The topological polar surface area (TPSA) is 17.8 Å². The van der Waals surface area contributed by atoms with E-state index in [1.54, 1.807) is 0 Å². The van der Waals surface area contributed by atoms with Crippen molar-refractivity contribution in [1.29, 1.82) is 0 Å². The third kappa shape index (κ3) is 2.06. The largest absolute Gasteiger partial charge is 0.331 e. The molecule has 2 nitrogen and oxygen atoms in total. The molecule has 0 spiro atoms. The molecule has 2 heteroatoms. The first-order valence-electron chi connectivity index (χ1n) is 7.82. The number of rotatable bonds is 3. The van der Waals surface area contributed by atoms with E-state index in [9.17, 15) is 0 Å². The Morgan fingerprint density at radius 2 is 1.86 bits per heavy atom. The van der Waals surface area contributed by atoms with Crippen LogP contribution in [-0.4, -0.2) is 9.55 Å². The standard InChI is InChI=1S/C19H20N2/c1-3-13-7-9-14(10-8-13)16-5-4-6-17-18(16)20-19(21(17)2)15-11-12-15/h4-10,15H,3,11-12H2,1-2H3. The summed E-state index contributed by atoms with van der Waals surface area (Å²) in [5, 5.41) is 0. The lowest BCUT2D eigenvalue weighted by Gasteiger charge is -2.04. The molecule has 0 bridgehead atoms. The van der Waals surface area contributed by atoms with E-state index in [2.05, 4.69) is 61.0 Å². The first-order chi connectivity index (χ1) is 10.3. The lowest BCUT2D eigenvalue weighted by molar-refractivity contribution is 0.820. The molecule has 21 heavy (non-hydrogen) atoms. The summed E-state index contributed by atoms with van der Waals surface area (Å²) in [4.78, 5) is 4.96. The maximum atomic E-state index is 4.96. The summed E-state index contributed by atoms with van der Waals surface area (Å²) in [6, 6.07) is 15.4. The van der Waals surface area contributed by atoms with Gasteiger partial charge in [-0.1, -0.05) is 43.3 Å². The number of para-hydroxylation sites is 1. The Bertz CT molecular complexity index is 792. The van der Waals surface area contributed by atoms with Gasteiger partial charge in [0.2, 0.25) is 0 Å². The zero-order valence-corrected chi connectivity index (χ0v) is 12.6. The molecule has 0 aliphatic heterocycles. The van der Waals surface area contributed by atoms with Crippen molar-refractivity contribution in [3.63, 3.8) is 0 Å². The lowest BCUT2D eigenvalue weighted by atomic mass is 10.0. The summed E-state index contributed by atoms with van der Waals surface area (Å²) in [5.41, 5.74) is 6.28. The highest BCUT2D eigenvalue weighted by atomic mass is 15.1. The Hall–Kier alpha value is -2.09. The average molecular weight is 276 g/mol. The van der Waals surface area contributed by atoms with Crippen molar-refractivity contribution in [2.24, 2.45) is 7.05 Å². The molecule has 1 aromatic heterocycles. The minimum atomic E-state index is 0.678. The van der Waals surface area contributed by atoms with Gasteiger partial charge in [0.05, 0.1) is 11.0 Å². The predicted molar refractivity (Wildman–Crippen MR) is 87.5 cm³/mol. The van der Waals surface area contributed by atoms with Crippen molar-refractivity contribution >= 4 is 11.0 Å². The van der Waals surface area contributed by atoms with Crippen molar-refractivity contribution in [2.45, 2.75) is 32.1 Å². The van der Waals surface area contributed by atoms with Gasteiger partial charge in [-0.25, -0.2) is 4.98 Å². The smallest absolute Gasteiger partial charge is 0.112 e. The molecule has 1 fully saturated rings. The molecular weight excluding hydrogens is 256 g/mol. The highest BCUT2D eigenvalue weighted by Gasteiger charge is 2.29. The maximum Gasteiger partial charge on any atom is 0.112 e. The quantitative estimate of drug-likeness (QED) is 0.679. The third-order valence-corrected chi connectivity index (χ3v) is 4.56. The molecule has 0 saturated heterocycles. The Balaban J connectivity index is 1.89. The maximum absolute atomic E-state index is 4.96. The Labute approximate surface area is 125 Å². The van der Waals surface area contributed by atoms with Gasteiger partial charge in [-0.15, -0.1) is 0 Å². The van der Waals surface area contributed by atoms with E-state index >= 15 is 0 Å². The van der Waals surface area contributed by atoms with Crippen molar-refractivity contribution in [2.75, 3.05) is 0 Å². The van der Waals surface area contributed by atoms with Crippen LogP contribution in [0.25, 0.3) is 22.2 Å². The van der Waals surface area contributed by atoms with Crippen LogP contribution < -0.4 is 0 Å². The van der Waals surface area contributed by atoms with E-state index in [0.717, 1.165) is 11.9 Å². The lowest BCUT2D eigenvalue weighted by Crippen LogP contribution is -1.94. The van der Waals surface area contributed by atoms with Gasteiger partial charge in [0.1, 0.15) is 5.82 Å². The summed E-state index contributed by atoms with van der Waals surface area (Å²) < 4.78 is 2.27. The van der Waals surface area contributed by atoms with Gasteiger partial charge in [0.15, 0.2) is 0 Å². The molecule has 0 unspecified atom stereocenters. The van der Waals surface area contributed by atoms with E-state index in [1.807, 2.05) is 0 Å². The molecule has 106 valence electrons. The highest BCUT2D eigenvalue weighted by molar-refractivity contribution is 5.92. The van der Waals surface area contributed by atoms with Gasteiger partial charge in [-0.2, -0.15) is 0 Å². The second-order valence-electron chi connectivity index (χ2n) is 6.03. The number of imidazole rings is 1. The summed E-state index contributed by atoms with van der Waals surface area (Å²) >= 11 is 0. The van der Waals surface area contributed by atoms with E-state index in [1.165, 1.54) is 40.9 Å². The molecular formula is C19H20N2. The number of benzene rings is 2. The summed E-state index contributed by atoms with van der Waals surface area (Å²) in [7, 11) is 2.15. The number of aryl methyl sites for hydroxylation is 2. The molecule has 0 amide bonds. The van der Waals surface area contributed by atoms with Crippen molar-refractivity contribution in [3.05, 3.63) is 53.9 Å². The molecule has 1 aliphatic carbocycles. The van der Waals surface area contributed by atoms with Gasteiger partial charge >= 0.3 is 0 Å². The molecule has 1 aliphatic rings. The zero-order valence-electron chi connectivity index (χ0n) is 12.6. The van der Waals surface area contributed by atoms with Crippen molar-refractivity contribution < 1.29 is 0 Å². The fourth-order valence-corrected chi connectivity index (χ4v) is 3.09. The number of fused-ring (bicyclic) bond motifs is 1. The van der Waals surface area contributed by atoms with Crippen molar-refractivity contribution in [3.8, 4) is 11.1 Å². The molecule has 3 aromatic rings. The van der Waals surface area contributed by atoms with Gasteiger partial charge in [0.25, 0.3) is 0 Å². The average Bonchev–Trinajstić information content (AvgIpc) is 3.32. The predicted octanol–water partition coefficient (Wildman–Crippen LogP) is 4.68. The molecule has 4 rings (SSSR count). The van der Waals surface area contributed by atoms with E-state index in [-0.39, 0.29) is 0 Å². The van der Waals surface area contributed by atoms with Crippen LogP contribution in [0.1, 0.15) is 37.1 Å². The summed E-state index contributed by atoms with van der Waals surface area (Å²) in [5.74, 6) is 1.93. The molecule has 1 heterocycles. The van der Waals surface area contributed by atoms with Gasteiger partial charge < -0.3 is 4.57 Å². The Morgan fingerprint density at radius 3 is 2.52 bits per heavy atom. The number of hydrogen-bond acceptors (Lipinski definition) is 1. The normalized spacial score (nSPS) is 14.8. The second-order valence-corrected chi connectivity index (χ2v) is 6.03. The molecule has 0 atom stereocenters. The molecule has 1 saturated carbocycles. The summed E-state index contributed by atoms with van der Waals surface area (Å²) in [6.07, 6.45) is 3.66. The van der Waals surface area contributed by atoms with Crippen molar-refractivity contribution in [1.82, 2.24) is 9.55 Å². The minimum Gasteiger partial charge on any atom is -0.331 e. The second kappa shape index (κ2) is 4.73. The first-order valence-corrected chi connectivity index (χ1v) is 7.82. The number of nitrogens with zero attached hydrogens (tertiary/aromatic N) is 2. The van der Waals surface area contributed by atoms with Gasteiger partial charge in [0, 0.05) is 18.5 Å². The number of aromatic nitrogens is 2. The van der Waals surface area contributed by atoms with E-state index in [0.29, 0.717) is 5.92 Å².